The molecule has 1 saturated heterocycles. The van der Waals surface area contributed by atoms with Gasteiger partial charge in [0.1, 0.15) is 6.07 Å². The summed E-state index contributed by atoms with van der Waals surface area (Å²) in [5.41, 5.74) is 1.69. The van der Waals surface area contributed by atoms with Gasteiger partial charge in [-0.05, 0) is 36.9 Å². The number of anilines is 1. The Kier molecular flexibility index (Phi) is 6.02. The van der Waals surface area contributed by atoms with E-state index >= 15 is 0 Å². The highest BCUT2D eigenvalue weighted by Gasteiger charge is 2.29. The van der Waals surface area contributed by atoms with Gasteiger partial charge in [-0.2, -0.15) is 9.57 Å². The minimum atomic E-state index is -3.57. The lowest BCUT2D eigenvalue weighted by atomic mass is 10.1. The molecule has 0 amide bonds. The number of hydrogen-bond donors (Lipinski definition) is 1. The molecule has 0 aliphatic carbocycles. The number of likely N-dealkylation sites (N-methyl/N-ethyl adjacent to an activating group) is 1. The molecule has 0 bridgehead atoms. The van der Waals surface area contributed by atoms with Crippen molar-refractivity contribution in [1.82, 2.24) is 9.21 Å². The zero-order chi connectivity index (χ0) is 19.4. The molecule has 0 spiro atoms. The van der Waals surface area contributed by atoms with E-state index in [1.54, 1.807) is 36.4 Å². The number of hydrogen-bond acceptors (Lipinski definition) is 5. The fourth-order valence-corrected chi connectivity index (χ4v) is 4.84. The predicted molar refractivity (Wildman–Crippen MR) is 106 cm³/mol. The smallest absolute Gasteiger partial charge is 0.243 e. The van der Waals surface area contributed by atoms with Gasteiger partial charge < -0.3 is 10.2 Å². The average Bonchev–Trinajstić information content (AvgIpc) is 2.67. The molecule has 6 nitrogen and oxygen atoms in total. The van der Waals surface area contributed by atoms with Gasteiger partial charge in [-0.1, -0.05) is 29.8 Å². The highest BCUT2D eigenvalue weighted by atomic mass is 35.5. The molecule has 142 valence electrons. The molecule has 2 aromatic rings. The van der Waals surface area contributed by atoms with Gasteiger partial charge in [0.15, 0.2) is 0 Å². The van der Waals surface area contributed by atoms with E-state index in [4.69, 9.17) is 11.6 Å². The van der Waals surface area contributed by atoms with E-state index in [1.165, 1.54) is 4.31 Å². The standard InChI is InChI=1S/C19H21ClN4O2S/c1-23-8-10-24(11-9-23)27(25,26)19-5-3-2-4-16(19)14-22-18-12-17(20)7-6-15(18)13-21/h2-7,12,22H,8-11,14H2,1H3. The van der Waals surface area contributed by atoms with Crippen LogP contribution >= 0.6 is 11.6 Å². The summed E-state index contributed by atoms with van der Waals surface area (Å²) in [7, 11) is -1.58. The summed E-state index contributed by atoms with van der Waals surface area (Å²) in [6, 6.07) is 14.0. The third-order valence-electron chi connectivity index (χ3n) is 4.62. The van der Waals surface area contributed by atoms with Gasteiger partial charge in [0.05, 0.1) is 16.1 Å². The minimum absolute atomic E-state index is 0.276. The van der Waals surface area contributed by atoms with Crippen LogP contribution in [0.2, 0.25) is 5.02 Å². The lowest BCUT2D eigenvalue weighted by Crippen LogP contribution is -2.47. The molecule has 0 saturated carbocycles. The van der Waals surface area contributed by atoms with E-state index < -0.39 is 10.0 Å². The first-order chi connectivity index (χ1) is 12.9. The Morgan fingerprint density at radius 2 is 1.85 bits per heavy atom. The van der Waals surface area contributed by atoms with E-state index in [2.05, 4.69) is 16.3 Å². The minimum Gasteiger partial charge on any atom is -0.380 e. The van der Waals surface area contributed by atoms with Crippen LogP contribution in [-0.4, -0.2) is 50.8 Å². The molecule has 1 heterocycles. The van der Waals surface area contributed by atoms with E-state index in [0.717, 1.165) is 0 Å². The summed E-state index contributed by atoms with van der Waals surface area (Å²) < 4.78 is 27.8. The van der Waals surface area contributed by atoms with Crippen molar-refractivity contribution in [2.45, 2.75) is 11.4 Å². The van der Waals surface area contributed by atoms with Crippen LogP contribution in [-0.2, 0) is 16.6 Å². The Balaban J connectivity index is 1.85. The number of piperazine rings is 1. The van der Waals surface area contributed by atoms with E-state index in [1.807, 2.05) is 13.1 Å². The molecule has 2 aromatic carbocycles. The summed E-state index contributed by atoms with van der Waals surface area (Å²) in [4.78, 5) is 2.41. The van der Waals surface area contributed by atoms with Crippen molar-refractivity contribution >= 4 is 27.3 Å². The van der Waals surface area contributed by atoms with Gasteiger partial charge in [-0.3, -0.25) is 0 Å². The molecular weight excluding hydrogens is 384 g/mol. The summed E-state index contributed by atoms with van der Waals surface area (Å²) in [6.45, 7) is 2.67. The second kappa shape index (κ2) is 8.28. The predicted octanol–water partition coefficient (Wildman–Crippen LogP) is 2.76. The Bertz CT molecular complexity index is 964. The molecule has 1 aliphatic rings. The number of nitrogens with zero attached hydrogens (tertiary/aromatic N) is 3. The number of benzene rings is 2. The first-order valence-electron chi connectivity index (χ1n) is 8.62. The van der Waals surface area contributed by atoms with Gasteiger partial charge in [0.25, 0.3) is 0 Å². The lowest BCUT2D eigenvalue weighted by molar-refractivity contribution is 0.222. The van der Waals surface area contributed by atoms with Crippen LogP contribution in [0, 0.1) is 11.3 Å². The third kappa shape index (κ3) is 4.42. The molecular formula is C19H21ClN4O2S. The Morgan fingerprint density at radius 1 is 1.15 bits per heavy atom. The monoisotopic (exact) mass is 404 g/mol. The molecule has 8 heteroatoms. The van der Waals surface area contributed by atoms with E-state index in [9.17, 15) is 13.7 Å². The van der Waals surface area contributed by atoms with Crippen molar-refractivity contribution in [2.24, 2.45) is 0 Å². The first kappa shape index (κ1) is 19.6. The molecule has 0 unspecified atom stereocenters. The van der Waals surface area contributed by atoms with Gasteiger partial charge >= 0.3 is 0 Å². The zero-order valence-corrected chi connectivity index (χ0v) is 16.6. The summed E-state index contributed by atoms with van der Waals surface area (Å²) in [5, 5.41) is 12.9. The maximum Gasteiger partial charge on any atom is 0.243 e. The molecule has 0 atom stereocenters. The Labute approximate surface area is 165 Å². The molecule has 1 aliphatic heterocycles. The average molecular weight is 405 g/mol. The molecule has 27 heavy (non-hydrogen) atoms. The fourth-order valence-electron chi connectivity index (χ4n) is 3.02. The van der Waals surface area contributed by atoms with Crippen molar-refractivity contribution in [2.75, 3.05) is 38.5 Å². The van der Waals surface area contributed by atoms with Crippen molar-refractivity contribution in [3.8, 4) is 6.07 Å². The Morgan fingerprint density at radius 3 is 2.56 bits per heavy atom. The summed E-state index contributed by atoms with van der Waals surface area (Å²) in [6.07, 6.45) is 0. The maximum absolute atomic E-state index is 13.1. The molecule has 1 fully saturated rings. The zero-order valence-electron chi connectivity index (χ0n) is 15.0. The van der Waals surface area contributed by atoms with Crippen LogP contribution in [0.4, 0.5) is 5.69 Å². The largest absolute Gasteiger partial charge is 0.380 e. The van der Waals surface area contributed by atoms with E-state index in [-0.39, 0.29) is 6.54 Å². The number of rotatable bonds is 5. The van der Waals surface area contributed by atoms with E-state index in [0.29, 0.717) is 52.9 Å². The van der Waals surface area contributed by atoms with Gasteiger partial charge in [0.2, 0.25) is 10.0 Å². The van der Waals surface area contributed by atoms with Crippen LogP contribution in [0.1, 0.15) is 11.1 Å². The molecule has 0 aromatic heterocycles. The van der Waals surface area contributed by atoms with Crippen molar-refractivity contribution in [3.05, 3.63) is 58.6 Å². The van der Waals surface area contributed by atoms with Gasteiger partial charge in [0, 0.05) is 37.7 Å². The summed E-state index contributed by atoms with van der Waals surface area (Å²) >= 11 is 6.02. The highest BCUT2D eigenvalue weighted by Crippen LogP contribution is 2.25. The van der Waals surface area contributed by atoms with Crippen molar-refractivity contribution in [3.63, 3.8) is 0 Å². The number of nitriles is 1. The number of sulfonamides is 1. The lowest BCUT2D eigenvalue weighted by Gasteiger charge is -2.32. The molecule has 0 radical (unpaired) electrons. The van der Waals surface area contributed by atoms with Crippen LogP contribution in [0.3, 0.4) is 0 Å². The fraction of sp³-hybridized carbons (Fsp3) is 0.316. The van der Waals surface area contributed by atoms with Crippen LogP contribution in [0.5, 0.6) is 0 Å². The molecule has 1 N–H and O–H groups in total. The van der Waals surface area contributed by atoms with Crippen molar-refractivity contribution in [1.29, 1.82) is 5.26 Å². The molecule has 3 rings (SSSR count). The van der Waals surface area contributed by atoms with Gasteiger partial charge in [-0.15, -0.1) is 0 Å². The third-order valence-corrected chi connectivity index (χ3v) is 6.86. The second-order valence-corrected chi connectivity index (χ2v) is 8.81. The van der Waals surface area contributed by atoms with Crippen LogP contribution in [0.25, 0.3) is 0 Å². The Hall–Kier alpha value is -2.11. The number of nitrogens with one attached hydrogen (secondary N) is 1. The SMILES string of the molecule is CN1CCN(S(=O)(=O)c2ccccc2CNc2cc(Cl)ccc2C#N)CC1. The number of halogens is 1. The van der Waals surface area contributed by atoms with Crippen LogP contribution < -0.4 is 5.32 Å². The first-order valence-corrected chi connectivity index (χ1v) is 10.4. The maximum atomic E-state index is 13.1. The second-order valence-electron chi connectivity index (χ2n) is 6.47. The highest BCUT2D eigenvalue weighted by molar-refractivity contribution is 7.89. The van der Waals surface area contributed by atoms with Gasteiger partial charge in [-0.25, -0.2) is 8.42 Å². The topological polar surface area (TPSA) is 76.4 Å². The summed E-state index contributed by atoms with van der Waals surface area (Å²) in [5.74, 6) is 0. The van der Waals surface area contributed by atoms with Crippen LogP contribution in [0.15, 0.2) is 47.4 Å². The quantitative estimate of drug-likeness (QED) is 0.829. The normalized spacial score (nSPS) is 16.0. The van der Waals surface area contributed by atoms with Crippen molar-refractivity contribution < 1.29 is 8.42 Å².